The monoisotopic (exact) mass is 344 g/mol. The average Bonchev–Trinajstić information content (AvgIpc) is 2.70. The van der Waals surface area contributed by atoms with Crippen LogP contribution in [-0.4, -0.2) is 24.3 Å². The van der Waals surface area contributed by atoms with E-state index in [1.54, 1.807) is 0 Å². The van der Waals surface area contributed by atoms with Crippen molar-refractivity contribution in [3.05, 3.63) is 41.4 Å². The zero-order valence-electron chi connectivity index (χ0n) is 16.4. The molecule has 0 saturated carbocycles. The number of hydrogen-bond donors (Lipinski definition) is 0. The van der Waals surface area contributed by atoms with Crippen LogP contribution in [-0.2, 0) is 25.4 Å². The van der Waals surface area contributed by atoms with Crippen LogP contribution in [0.5, 0.6) is 0 Å². The second kappa shape index (κ2) is 6.97. The normalized spacial score (nSPS) is 19.4. The van der Waals surface area contributed by atoms with Crippen molar-refractivity contribution in [1.82, 2.24) is 0 Å². The number of carbonyl (C=O) groups is 1. The van der Waals surface area contributed by atoms with Gasteiger partial charge in [0.05, 0.1) is 16.6 Å². The van der Waals surface area contributed by atoms with E-state index in [0.29, 0.717) is 0 Å². The highest BCUT2D eigenvalue weighted by molar-refractivity contribution is 6.52. The van der Waals surface area contributed by atoms with Crippen LogP contribution in [0.4, 0.5) is 0 Å². The Bertz CT molecular complexity index is 640. The fraction of sp³-hybridized carbons (Fsp3) is 0.550. The third-order valence-electron chi connectivity index (χ3n) is 4.73. The SMILES string of the molecule is CC(C)(C)C(=O)OCc1ccccc1/C=C/B1OC(C)(C)C(C)(C)O1. The fourth-order valence-corrected chi connectivity index (χ4v) is 2.34. The smallest absolute Gasteiger partial charge is 0.460 e. The van der Waals surface area contributed by atoms with Gasteiger partial charge in [-0.15, -0.1) is 0 Å². The maximum atomic E-state index is 12.0. The first kappa shape index (κ1) is 19.7. The van der Waals surface area contributed by atoms with Crippen LogP contribution >= 0.6 is 0 Å². The molecule has 0 aliphatic carbocycles. The van der Waals surface area contributed by atoms with Gasteiger partial charge in [-0.25, -0.2) is 0 Å². The van der Waals surface area contributed by atoms with E-state index in [1.165, 1.54) is 0 Å². The number of carbonyl (C=O) groups excluding carboxylic acids is 1. The molecule has 0 aromatic heterocycles. The zero-order chi connectivity index (χ0) is 18.9. The van der Waals surface area contributed by atoms with Gasteiger partial charge in [-0.2, -0.15) is 0 Å². The van der Waals surface area contributed by atoms with E-state index in [2.05, 4.69) is 0 Å². The summed E-state index contributed by atoms with van der Waals surface area (Å²) in [5.74, 6) is 1.69. The highest BCUT2D eigenvalue weighted by Crippen LogP contribution is 2.37. The van der Waals surface area contributed by atoms with Gasteiger partial charge < -0.3 is 14.0 Å². The van der Waals surface area contributed by atoms with E-state index in [9.17, 15) is 4.79 Å². The van der Waals surface area contributed by atoms with Gasteiger partial charge >= 0.3 is 13.1 Å². The van der Waals surface area contributed by atoms with Crippen molar-refractivity contribution in [2.75, 3.05) is 0 Å². The van der Waals surface area contributed by atoms with Crippen LogP contribution in [0.15, 0.2) is 30.2 Å². The molecule has 0 spiro atoms. The summed E-state index contributed by atoms with van der Waals surface area (Å²) in [6, 6.07) is 7.84. The number of esters is 1. The Hall–Kier alpha value is -1.59. The third kappa shape index (κ3) is 4.74. The first-order valence-corrected chi connectivity index (χ1v) is 8.71. The largest absolute Gasteiger partial charge is 0.487 e. The molecule has 1 saturated heterocycles. The van der Waals surface area contributed by atoms with Crippen molar-refractivity contribution in [3.8, 4) is 0 Å². The second-order valence-electron chi connectivity index (χ2n) is 8.51. The molecular formula is C20H29BO4. The summed E-state index contributed by atoms with van der Waals surface area (Å²) in [4.78, 5) is 12.0. The Labute approximate surface area is 151 Å². The molecule has 0 radical (unpaired) electrons. The predicted molar refractivity (Wildman–Crippen MR) is 101 cm³/mol. The van der Waals surface area contributed by atoms with Gasteiger partial charge in [-0.3, -0.25) is 4.79 Å². The molecule has 4 nitrogen and oxygen atoms in total. The van der Waals surface area contributed by atoms with E-state index in [4.69, 9.17) is 14.0 Å². The minimum Gasteiger partial charge on any atom is -0.460 e. The standard InChI is InChI=1S/C20H29BO4/c1-18(2,3)17(22)23-14-16-11-9-8-10-15(16)12-13-21-24-19(4,5)20(6,7)25-21/h8-13H,14H2,1-7H3/b13-12+. The second-order valence-corrected chi connectivity index (χ2v) is 8.51. The molecule has 1 fully saturated rings. The lowest BCUT2D eigenvalue weighted by Crippen LogP contribution is -2.41. The molecule has 0 atom stereocenters. The summed E-state index contributed by atoms with van der Waals surface area (Å²) in [7, 11) is -0.393. The first-order chi connectivity index (χ1) is 11.4. The number of ether oxygens (including phenoxy) is 1. The Balaban J connectivity index is 2.07. The molecule has 1 heterocycles. The summed E-state index contributed by atoms with van der Waals surface area (Å²) in [5, 5.41) is 0. The van der Waals surface area contributed by atoms with E-state index >= 15 is 0 Å². The molecular weight excluding hydrogens is 315 g/mol. The van der Waals surface area contributed by atoms with Crippen molar-refractivity contribution in [3.63, 3.8) is 0 Å². The Morgan fingerprint density at radius 1 is 1.12 bits per heavy atom. The quantitative estimate of drug-likeness (QED) is 0.599. The Morgan fingerprint density at radius 3 is 2.24 bits per heavy atom. The molecule has 0 unspecified atom stereocenters. The molecule has 0 bridgehead atoms. The average molecular weight is 344 g/mol. The maximum absolute atomic E-state index is 12.0. The molecule has 136 valence electrons. The Kier molecular flexibility index (Phi) is 5.50. The van der Waals surface area contributed by atoms with Gasteiger partial charge in [-0.05, 0) is 59.6 Å². The van der Waals surface area contributed by atoms with Crippen LogP contribution in [0.25, 0.3) is 6.08 Å². The third-order valence-corrected chi connectivity index (χ3v) is 4.73. The van der Waals surface area contributed by atoms with Crippen molar-refractivity contribution in [1.29, 1.82) is 0 Å². The summed E-state index contributed by atoms with van der Waals surface area (Å²) < 4.78 is 17.4. The minimum atomic E-state index is -0.506. The van der Waals surface area contributed by atoms with Crippen LogP contribution in [0.2, 0.25) is 0 Å². The van der Waals surface area contributed by atoms with E-state index < -0.39 is 12.5 Å². The lowest BCUT2D eigenvalue weighted by atomic mass is 9.88. The molecule has 0 amide bonds. The first-order valence-electron chi connectivity index (χ1n) is 8.71. The lowest BCUT2D eigenvalue weighted by molar-refractivity contribution is -0.154. The van der Waals surface area contributed by atoms with Crippen LogP contribution in [0.3, 0.4) is 0 Å². The van der Waals surface area contributed by atoms with E-state index in [0.717, 1.165) is 11.1 Å². The molecule has 1 aliphatic rings. The van der Waals surface area contributed by atoms with Crippen molar-refractivity contribution >= 4 is 19.2 Å². The van der Waals surface area contributed by atoms with Crippen molar-refractivity contribution in [2.45, 2.75) is 66.3 Å². The molecule has 25 heavy (non-hydrogen) atoms. The maximum Gasteiger partial charge on any atom is 0.487 e. The van der Waals surface area contributed by atoms with Crippen molar-refractivity contribution in [2.24, 2.45) is 5.41 Å². The lowest BCUT2D eigenvalue weighted by Gasteiger charge is -2.32. The van der Waals surface area contributed by atoms with Gasteiger partial charge in [0.2, 0.25) is 0 Å². The summed E-state index contributed by atoms with van der Waals surface area (Å²) in [6.07, 6.45) is 1.96. The van der Waals surface area contributed by atoms with Gasteiger partial charge in [0.1, 0.15) is 6.61 Å². The van der Waals surface area contributed by atoms with Crippen LogP contribution < -0.4 is 0 Å². The summed E-state index contributed by atoms with van der Waals surface area (Å²) >= 11 is 0. The van der Waals surface area contributed by atoms with Gasteiger partial charge in [0.25, 0.3) is 0 Å². The Morgan fingerprint density at radius 2 is 1.68 bits per heavy atom. The number of rotatable bonds is 4. The summed E-state index contributed by atoms with van der Waals surface area (Å²) in [5.41, 5.74) is 0.716. The van der Waals surface area contributed by atoms with Gasteiger partial charge in [0, 0.05) is 0 Å². The molecule has 5 heteroatoms. The predicted octanol–water partition coefficient (Wildman–Crippen LogP) is 4.42. The minimum absolute atomic E-state index is 0.211. The van der Waals surface area contributed by atoms with E-state index in [1.807, 2.05) is 84.8 Å². The molecule has 0 N–H and O–H groups in total. The zero-order valence-corrected chi connectivity index (χ0v) is 16.4. The van der Waals surface area contributed by atoms with Gasteiger partial charge in [-0.1, -0.05) is 36.3 Å². The molecule has 2 rings (SSSR count). The number of benzene rings is 1. The topological polar surface area (TPSA) is 44.8 Å². The van der Waals surface area contributed by atoms with Crippen LogP contribution in [0.1, 0.15) is 59.6 Å². The highest BCUT2D eigenvalue weighted by atomic mass is 16.7. The summed E-state index contributed by atoms with van der Waals surface area (Å²) in [6.45, 7) is 13.9. The number of hydrogen-bond acceptors (Lipinski definition) is 4. The molecule has 1 aliphatic heterocycles. The van der Waals surface area contributed by atoms with Crippen molar-refractivity contribution < 1.29 is 18.8 Å². The highest BCUT2D eigenvalue weighted by Gasteiger charge is 2.50. The van der Waals surface area contributed by atoms with Crippen LogP contribution in [0, 0.1) is 5.41 Å². The molecule has 1 aromatic rings. The molecule has 1 aromatic carbocycles. The fourth-order valence-electron chi connectivity index (χ4n) is 2.34. The van der Waals surface area contributed by atoms with Gasteiger partial charge in [0.15, 0.2) is 0 Å². The van der Waals surface area contributed by atoms with E-state index in [-0.39, 0.29) is 23.8 Å².